The molecule has 6 heteroatoms. The summed E-state index contributed by atoms with van der Waals surface area (Å²) in [7, 11) is 0. The Bertz CT molecular complexity index is 1230. The van der Waals surface area contributed by atoms with Gasteiger partial charge in [0.05, 0.1) is 31.9 Å². The molecule has 2 bridgehead atoms. The zero-order valence-corrected chi connectivity index (χ0v) is 18.6. The summed E-state index contributed by atoms with van der Waals surface area (Å²) in [4.78, 5) is 28.8. The first-order valence-electron chi connectivity index (χ1n) is 9.65. The maximum Gasteiger partial charge on any atom is 0.239 e. The molecule has 30 heavy (non-hydrogen) atoms. The second-order valence-corrected chi connectivity index (χ2v) is 10.0. The van der Waals surface area contributed by atoms with Crippen molar-refractivity contribution in [1.82, 2.24) is 0 Å². The summed E-state index contributed by atoms with van der Waals surface area (Å²) < 4.78 is -0.753. The van der Waals surface area contributed by atoms with E-state index >= 15 is 0 Å². The smallest absolute Gasteiger partial charge is 0.239 e. The van der Waals surface area contributed by atoms with Gasteiger partial charge in [-0.15, -0.1) is 0 Å². The van der Waals surface area contributed by atoms with Crippen LogP contribution in [0.25, 0.3) is 0 Å². The number of imide groups is 1. The number of halogens is 3. The Morgan fingerprint density at radius 1 is 0.800 bits per heavy atom. The molecule has 1 saturated heterocycles. The van der Waals surface area contributed by atoms with Crippen molar-refractivity contribution in [1.29, 1.82) is 0 Å². The van der Waals surface area contributed by atoms with E-state index in [1.165, 1.54) is 4.90 Å². The van der Waals surface area contributed by atoms with Crippen LogP contribution in [0.4, 0.5) is 5.69 Å². The molecule has 0 aromatic heterocycles. The van der Waals surface area contributed by atoms with Crippen LogP contribution >= 0.6 is 39.1 Å². The van der Waals surface area contributed by atoms with Crippen molar-refractivity contribution in [3.8, 4) is 0 Å². The highest BCUT2D eigenvalue weighted by molar-refractivity contribution is 9.09. The van der Waals surface area contributed by atoms with Crippen molar-refractivity contribution in [2.24, 2.45) is 11.8 Å². The van der Waals surface area contributed by atoms with E-state index in [2.05, 4.69) is 40.2 Å². The Morgan fingerprint density at radius 3 is 2.00 bits per heavy atom. The summed E-state index contributed by atoms with van der Waals surface area (Å²) in [5.74, 6) is -1.58. The average Bonchev–Trinajstić information content (AvgIpc) is 3.02. The molecule has 0 spiro atoms. The van der Waals surface area contributed by atoms with Crippen LogP contribution < -0.4 is 4.90 Å². The van der Waals surface area contributed by atoms with E-state index in [9.17, 15) is 9.59 Å². The number of rotatable bonds is 1. The van der Waals surface area contributed by atoms with Crippen LogP contribution in [0.3, 0.4) is 0 Å². The first kappa shape index (κ1) is 18.6. The summed E-state index contributed by atoms with van der Waals surface area (Å²) >= 11 is 16.2. The van der Waals surface area contributed by atoms with Crippen LogP contribution in [0.1, 0.15) is 28.2 Å². The lowest BCUT2D eigenvalue weighted by molar-refractivity contribution is -0.122. The fourth-order valence-corrected chi connectivity index (χ4v) is 7.05. The van der Waals surface area contributed by atoms with Crippen LogP contribution in [0, 0.1) is 11.8 Å². The Balaban J connectivity index is 1.60. The highest BCUT2D eigenvalue weighted by atomic mass is 79.9. The standard InChI is InChI=1S/C24H14BrCl2NO2/c25-24-15-7-3-1-5-13(15)19(14-6-2-4-8-16(14)24)20-21(24)23(30)28(22(20)29)12-9-10-17(26)18(27)11-12/h1-11,19-21H/t19?,20-,21-,24?/m1/s1. The first-order valence-corrected chi connectivity index (χ1v) is 11.2. The van der Waals surface area contributed by atoms with Gasteiger partial charge in [-0.05, 0) is 40.5 Å². The van der Waals surface area contributed by atoms with Crippen molar-refractivity contribution in [3.63, 3.8) is 0 Å². The molecule has 1 heterocycles. The van der Waals surface area contributed by atoms with Gasteiger partial charge in [-0.25, -0.2) is 4.90 Å². The van der Waals surface area contributed by atoms with Gasteiger partial charge in [-0.2, -0.15) is 0 Å². The van der Waals surface area contributed by atoms with E-state index in [1.807, 2.05) is 24.3 Å². The van der Waals surface area contributed by atoms with E-state index in [1.54, 1.807) is 18.2 Å². The summed E-state index contributed by atoms with van der Waals surface area (Å²) in [6.07, 6.45) is 0. The minimum absolute atomic E-state index is 0.161. The van der Waals surface area contributed by atoms with Gasteiger partial charge in [0.1, 0.15) is 0 Å². The number of hydrogen-bond acceptors (Lipinski definition) is 2. The van der Waals surface area contributed by atoms with Gasteiger partial charge in [0.2, 0.25) is 11.8 Å². The number of carbonyl (C=O) groups is 2. The van der Waals surface area contributed by atoms with Crippen LogP contribution in [0.5, 0.6) is 0 Å². The summed E-state index contributed by atoms with van der Waals surface area (Å²) in [5.41, 5.74) is 4.79. The monoisotopic (exact) mass is 497 g/mol. The third-order valence-corrected chi connectivity index (χ3v) is 8.76. The second-order valence-electron chi connectivity index (χ2n) is 7.98. The lowest BCUT2D eigenvalue weighted by atomic mass is 9.55. The van der Waals surface area contributed by atoms with Gasteiger partial charge in [0.25, 0.3) is 0 Å². The quantitative estimate of drug-likeness (QED) is 0.309. The molecule has 0 N–H and O–H groups in total. The fourth-order valence-electron chi connectivity index (χ4n) is 5.56. The SMILES string of the molecule is O=C1[C@@H]2C3c4ccccc4C(Br)(c4ccccc43)[C@H]2C(=O)N1c1ccc(Cl)c(Cl)c1. The van der Waals surface area contributed by atoms with E-state index in [4.69, 9.17) is 23.2 Å². The highest BCUT2D eigenvalue weighted by Crippen LogP contribution is 2.66. The Morgan fingerprint density at radius 2 is 1.40 bits per heavy atom. The van der Waals surface area contributed by atoms with Crippen LogP contribution in [0.2, 0.25) is 10.0 Å². The van der Waals surface area contributed by atoms with Crippen LogP contribution in [0.15, 0.2) is 66.7 Å². The fraction of sp³-hybridized carbons (Fsp3) is 0.167. The molecule has 0 unspecified atom stereocenters. The van der Waals surface area contributed by atoms with Gasteiger partial charge in [-0.3, -0.25) is 9.59 Å². The van der Waals surface area contributed by atoms with Crippen molar-refractivity contribution in [2.75, 3.05) is 4.90 Å². The Labute approximate surface area is 191 Å². The molecule has 4 aliphatic rings. The average molecular weight is 499 g/mol. The predicted octanol–water partition coefficient (Wildman–Crippen LogP) is 5.90. The molecule has 1 aliphatic heterocycles. The van der Waals surface area contributed by atoms with Crippen molar-refractivity contribution < 1.29 is 9.59 Å². The lowest BCUT2D eigenvalue weighted by Crippen LogP contribution is -2.50. The van der Waals surface area contributed by atoms with Crippen molar-refractivity contribution >= 4 is 56.6 Å². The summed E-state index contributed by atoms with van der Waals surface area (Å²) in [6.45, 7) is 0. The van der Waals surface area contributed by atoms with E-state index in [-0.39, 0.29) is 17.7 Å². The molecule has 3 aromatic rings. The molecule has 7 rings (SSSR count). The van der Waals surface area contributed by atoms with Gasteiger partial charge >= 0.3 is 0 Å². The molecular weight excluding hydrogens is 485 g/mol. The maximum absolute atomic E-state index is 13.8. The molecule has 3 aliphatic carbocycles. The minimum atomic E-state index is -0.753. The minimum Gasteiger partial charge on any atom is -0.274 e. The molecule has 2 atom stereocenters. The first-order chi connectivity index (χ1) is 14.4. The highest BCUT2D eigenvalue weighted by Gasteiger charge is 2.67. The van der Waals surface area contributed by atoms with Crippen LogP contribution in [-0.2, 0) is 13.9 Å². The molecule has 3 nitrogen and oxygen atoms in total. The van der Waals surface area contributed by atoms with E-state index < -0.39 is 16.2 Å². The molecular formula is C24H14BrCl2NO2. The molecule has 2 amide bonds. The van der Waals surface area contributed by atoms with Gasteiger partial charge < -0.3 is 0 Å². The normalized spacial score (nSPS) is 28.4. The number of benzene rings is 3. The number of nitrogens with zero attached hydrogens (tertiary/aromatic N) is 1. The molecule has 3 aromatic carbocycles. The Hall–Kier alpha value is -2.14. The molecule has 148 valence electrons. The zero-order valence-electron chi connectivity index (χ0n) is 15.5. The van der Waals surface area contributed by atoms with Crippen LogP contribution in [-0.4, -0.2) is 11.8 Å². The maximum atomic E-state index is 13.8. The van der Waals surface area contributed by atoms with Crippen molar-refractivity contribution in [2.45, 2.75) is 10.2 Å². The van der Waals surface area contributed by atoms with Gasteiger partial charge in [-0.1, -0.05) is 87.7 Å². The van der Waals surface area contributed by atoms with Gasteiger partial charge in [0, 0.05) is 5.92 Å². The number of anilines is 1. The number of amides is 2. The molecule has 0 saturated carbocycles. The Kier molecular flexibility index (Phi) is 3.84. The number of hydrogen-bond donors (Lipinski definition) is 0. The second kappa shape index (κ2) is 6.19. The number of alkyl halides is 1. The number of carbonyl (C=O) groups excluding carboxylic acids is 2. The van der Waals surface area contributed by atoms with Crippen molar-refractivity contribution in [3.05, 3.63) is 99.0 Å². The predicted molar refractivity (Wildman–Crippen MR) is 120 cm³/mol. The third kappa shape index (κ3) is 2.12. The van der Waals surface area contributed by atoms with E-state index in [0.717, 1.165) is 22.3 Å². The lowest BCUT2D eigenvalue weighted by Gasteiger charge is -2.51. The topological polar surface area (TPSA) is 37.4 Å². The molecule has 0 radical (unpaired) electrons. The third-order valence-electron chi connectivity index (χ3n) is 6.68. The zero-order chi connectivity index (χ0) is 20.8. The summed E-state index contributed by atoms with van der Waals surface area (Å²) in [5, 5.41) is 0.696. The summed E-state index contributed by atoms with van der Waals surface area (Å²) in [6, 6.07) is 21.1. The molecule has 1 fully saturated rings. The van der Waals surface area contributed by atoms with Gasteiger partial charge in [0.15, 0.2) is 0 Å². The van der Waals surface area contributed by atoms with E-state index in [0.29, 0.717) is 15.7 Å². The largest absolute Gasteiger partial charge is 0.274 e.